The van der Waals surface area contributed by atoms with Crippen molar-refractivity contribution in [1.82, 2.24) is 0 Å². The van der Waals surface area contributed by atoms with Gasteiger partial charge in [0, 0.05) is 13.2 Å². The lowest BCUT2D eigenvalue weighted by atomic mass is 9.86. The average Bonchev–Trinajstić information content (AvgIpc) is 2.39. The van der Waals surface area contributed by atoms with Gasteiger partial charge in [-0.15, -0.1) is 0 Å². The maximum absolute atomic E-state index is 9.16. The number of nitrogens with two attached hydrogens (primary N) is 1. The summed E-state index contributed by atoms with van der Waals surface area (Å²) in [6.07, 6.45) is 2.10. The molecule has 3 N–H and O–H groups in total. The van der Waals surface area contributed by atoms with Gasteiger partial charge in [0.15, 0.2) is 0 Å². The average molecular weight is 221 g/mol. The van der Waals surface area contributed by atoms with E-state index in [1.807, 2.05) is 18.2 Å². The molecule has 1 saturated heterocycles. The van der Waals surface area contributed by atoms with Gasteiger partial charge in [-0.3, -0.25) is 0 Å². The predicted octanol–water partition coefficient (Wildman–Crippen LogP) is 1.57. The highest BCUT2D eigenvalue weighted by Gasteiger charge is 2.20. The molecule has 0 aliphatic carbocycles. The zero-order valence-corrected chi connectivity index (χ0v) is 9.43. The fourth-order valence-electron chi connectivity index (χ4n) is 2.33. The van der Waals surface area contributed by atoms with Crippen LogP contribution in [0, 0.1) is 0 Å². The van der Waals surface area contributed by atoms with Crippen LogP contribution in [-0.4, -0.2) is 24.9 Å². The molecular weight excluding hydrogens is 202 g/mol. The van der Waals surface area contributed by atoms with Gasteiger partial charge < -0.3 is 15.6 Å². The SMILES string of the molecule is NC(CO)c1ccccc1C1CCOCC1. The van der Waals surface area contributed by atoms with Gasteiger partial charge in [-0.2, -0.15) is 0 Å². The van der Waals surface area contributed by atoms with Crippen molar-refractivity contribution in [3.8, 4) is 0 Å². The van der Waals surface area contributed by atoms with Crippen LogP contribution in [0.3, 0.4) is 0 Å². The summed E-state index contributed by atoms with van der Waals surface area (Å²) in [5.74, 6) is 0.530. The van der Waals surface area contributed by atoms with Crippen molar-refractivity contribution >= 4 is 0 Å². The fourth-order valence-corrected chi connectivity index (χ4v) is 2.33. The van der Waals surface area contributed by atoms with E-state index in [0.717, 1.165) is 31.6 Å². The number of benzene rings is 1. The second-order valence-electron chi connectivity index (χ2n) is 4.30. The van der Waals surface area contributed by atoms with Crippen LogP contribution in [0.15, 0.2) is 24.3 Å². The van der Waals surface area contributed by atoms with E-state index in [1.165, 1.54) is 5.56 Å². The Kier molecular flexibility index (Phi) is 3.93. The lowest BCUT2D eigenvalue weighted by molar-refractivity contribution is 0.0850. The third-order valence-corrected chi connectivity index (χ3v) is 3.25. The van der Waals surface area contributed by atoms with E-state index in [2.05, 4.69) is 6.07 Å². The first-order valence-electron chi connectivity index (χ1n) is 5.86. The summed E-state index contributed by atoms with van der Waals surface area (Å²) in [6, 6.07) is 7.90. The summed E-state index contributed by atoms with van der Waals surface area (Å²) in [7, 11) is 0. The summed E-state index contributed by atoms with van der Waals surface area (Å²) < 4.78 is 5.37. The number of ether oxygens (including phenoxy) is 1. The van der Waals surface area contributed by atoms with Crippen molar-refractivity contribution in [1.29, 1.82) is 0 Å². The van der Waals surface area contributed by atoms with Crippen molar-refractivity contribution in [2.24, 2.45) is 5.73 Å². The molecule has 16 heavy (non-hydrogen) atoms. The molecule has 0 bridgehead atoms. The van der Waals surface area contributed by atoms with Crippen LogP contribution in [0.4, 0.5) is 0 Å². The van der Waals surface area contributed by atoms with Gasteiger partial charge in [0.1, 0.15) is 0 Å². The minimum atomic E-state index is -0.265. The minimum Gasteiger partial charge on any atom is -0.394 e. The van der Waals surface area contributed by atoms with Gasteiger partial charge in [0.05, 0.1) is 12.6 Å². The summed E-state index contributed by atoms with van der Waals surface area (Å²) in [5, 5.41) is 9.16. The first-order chi connectivity index (χ1) is 7.83. The molecule has 1 fully saturated rings. The molecule has 0 radical (unpaired) electrons. The van der Waals surface area contributed by atoms with Crippen LogP contribution in [0.25, 0.3) is 0 Å². The Hall–Kier alpha value is -0.900. The fraction of sp³-hybridized carbons (Fsp3) is 0.538. The molecule has 1 aliphatic rings. The van der Waals surface area contributed by atoms with Crippen LogP contribution in [-0.2, 0) is 4.74 Å². The van der Waals surface area contributed by atoms with Crippen molar-refractivity contribution in [2.75, 3.05) is 19.8 Å². The van der Waals surface area contributed by atoms with Crippen molar-refractivity contribution in [3.05, 3.63) is 35.4 Å². The summed E-state index contributed by atoms with van der Waals surface area (Å²) >= 11 is 0. The first kappa shape index (κ1) is 11.6. The van der Waals surface area contributed by atoms with E-state index in [0.29, 0.717) is 5.92 Å². The summed E-state index contributed by atoms with van der Waals surface area (Å²) in [5.41, 5.74) is 8.29. The number of aliphatic hydroxyl groups excluding tert-OH is 1. The van der Waals surface area contributed by atoms with Gasteiger partial charge in [-0.05, 0) is 29.9 Å². The molecule has 1 heterocycles. The molecule has 1 atom stereocenters. The van der Waals surface area contributed by atoms with Crippen LogP contribution in [0.1, 0.15) is 35.9 Å². The Bertz CT molecular complexity index is 334. The van der Waals surface area contributed by atoms with E-state index >= 15 is 0 Å². The van der Waals surface area contributed by atoms with Gasteiger partial charge in [0.25, 0.3) is 0 Å². The van der Waals surface area contributed by atoms with Gasteiger partial charge in [0.2, 0.25) is 0 Å². The Morgan fingerprint density at radius 1 is 1.31 bits per heavy atom. The molecule has 1 aromatic carbocycles. The lowest BCUT2D eigenvalue weighted by Crippen LogP contribution is -2.20. The van der Waals surface area contributed by atoms with E-state index < -0.39 is 0 Å². The largest absolute Gasteiger partial charge is 0.394 e. The molecule has 0 saturated carbocycles. The number of aliphatic hydroxyl groups is 1. The molecular formula is C13H19NO2. The molecule has 3 nitrogen and oxygen atoms in total. The predicted molar refractivity (Wildman–Crippen MR) is 63.3 cm³/mol. The summed E-state index contributed by atoms with van der Waals surface area (Å²) in [6.45, 7) is 1.65. The van der Waals surface area contributed by atoms with Crippen LogP contribution >= 0.6 is 0 Å². The molecule has 0 amide bonds. The highest BCUT2D eigenvalue weighted by Crippen LogP contribution is 2.31. The molecule has 3 heteroatoms. The number of hydrogen-bond donors (Lipinski definition) is 2. The molecule has 0 aromatic heterocycles. The van der Waals surface area contributed by atoms with Crippen LogP contribution in [0.2, 0.25) is 0 Å². The Balaban J connectivity index is 2.24. The van der Waals surface area contributed by atoms with E-state index in [9.17, 15) is 0 Å². The monoisotopic (exact) mass is 221 g/mol. The number of rotatable bonds is 3. The van der Waals surface area contributed by atoms with E-state index in [4.69, 9.17) is 15.6 Å². The Morgan fingerprint density at radius 3 is 2.69 bits per heavy atom. The minimum absolute atomic E-state index is 0.000231. The third-order valence-electron chi connectivity index (χ3n) is 3.25. The zero-order chi connectivity index (χ0) is 11.4. The Morgan fingerprint density at radius 2 is 2.00 bits per heavy atom. The van der Waals surface area contributed by atoms with Crippen molar-refractivity contribution in [2.45, 2.75) is 24.8 Å². The number of hydrogen-bond acceptors (Lipinski definition) is 3. The van der Waals surface area contributed by atoms with Gasteiger partial charge >= 0.3 is 0 Å². The second-order valence-corrected chi connectivity index (χ2v) is 4.30. The molecule has 0 spiro atoms. The molecule has 1 aliphatic heterocycles. The maximum Gasteiger partial charge on any atom is 0.0624 e. The molecule has 88 valence electrons. The molecule has 1 aromatic rings. The standard InChI is InChI=1S/C13H19NO2/c14-13(9-15)12-4-2-1-3-11(12)10-5-7-16-8-6-10/h1-4,10,13,15H,5-9,14H2. The zero-order valence-electron chi connectivity index (χ0n) is 9.43. The molecule has 1 unspecified atom stereocenters. The van der Waals surface area contributed by atoms with E-state index in [-0.39, 0.29) is 12.6 Å². The topological polar surface area (TPSA) is 55.5 Å². The lowest BCUT2D eigenvalue weighted by Gasteiger charge is -2.26. The summed E-state index contributed by atoms with van der Waals surface area (Å²) in [4.78, 5) is 0. The second kappa shape index (κ2) is 5.43. The maximum atomic E-state index is 9.16. The van der Waals surface area contributed by atoms with Crippen LogP contribution < -0.4 is 5.73 Å². The highest BCUT2D eigenvalue weighted by atomic mass is 16.5. The van der Waals surface area contributed by atoms with Crippen molar-refractivity contribution in [3.63, 3.8) is 0 Å². The smallest absolute Gasteiger partial charge is 0.0624 e. The van der Waals surface area contributed by atoms with Crippen molar-refractivity contribution < 1.29 is 9.84 Å². The first-order valence-corrected chi connectivity index (χ1v) is 5.86. The quantitative estimate of drug-likeness (QED) is 0.814. The third kappa shape index (κ3) is 2.43. The normalized spacial score (nSPS) is 19.6. The van der Waals surface area contributed by atoms with Crippen LogP contribution in [0.5, 0.6) is 0 Å². The Labute approximate surface area is 96.2 Å². The van der Waals surface area contributed by atoms with Gasteiger partial charge in [-0.25, -0.2) is 0 Å². The van der Waals surface area contributed by atoms with E-state index in [1.54, 1.807) is 0 Å². The highest BCUT2D eigenvalue weighted by molar-refractivity contribution is 5.33. The van der Waals surface area contributed by atoms with Gasteiger partial charge in [-0.1, -0.05) is 24.3 Å². The molecule has 2 rings (SSSR count).